The van der Waals surface area contributed by atoms with Gasteiger partial charge in [0.2, 0.25) is 5.91 Å². The van der Waals surface area contributed by atoms with Crippen LogP contribution in [0.3, 0.4) is 0 Å². The number of benzene rings is 1. The van der Waals surface area contributed by atoms with Gasteiger partial charge < -0.3 is 10.4 Å². The van der Waals surface area contributed by atoms with Crippen molar-refractivity contribution in [2.75, 3.05) is 0 Å². The summed E-state index contributed by atoms with van der Waals surface area (Å²) in [4.78, 5) is 22.1. The average molecular weight is 346 g/mol. The van der Waals surface area contributed by atoms with Gasteiger partial charge in [0.15, 0.2) is 0 Å². The van der Waals surface area contributed by atoms with E-state index in [-0.39, 0.29) is 30.6 Å². The van der Waals surface area contributed by atoms with Crippen LogP contribution in [0.1, 0.15) is 31.7 Å². The highest BCUT2D eigenvalue weighted by atomic mass is 79.9. The number of carbonyl (C=O) groups excluding carboxylic acids is 1. The summed E-state index contributed by atoms with van der Waals surface area (Å²) in [5.41, 5.74) is 0.735. The van der Waals surface area contributed by atoms with Gasteiger partial charge >= 0.3 is 5.97 Å². The largest absolute Gasteiger partial charge is 0.481 e. The van der Waals surface area contributed by atoms with Crippen molar-refractivity contribution in [1.29, 1.82) is 0 Å². The SMILES string of the molecule is CC(CCC(=O)O)NC(=O)CCc1cc(F)ccc1Br. The molecule has 0 heterocycles. The summed E-state index contributed by atoms with van der Waals surface area (Å²) in [6.45, 7) is 1.76. The van der Waals surface area contributed by atoms with E-state index in [1.54, 1.807) is 13.0 Å². The predicted molar refractivity (Wildman–Crippen MR) is 76.9 cm³/mol. The summed E-state index contributed by atoms with van der Waals surface area (Å²) >= 11 is 3.31. The van der Waals surface area contributed by atoms with E-state index < -0.39 is 5.97 Å². The van der Waals surface area contributed by atoms with E-state index in [0.717, 1.165) is 10.0 Å². The van der Waals surface area contributed by atoms with Crippen molar-refractivity contribution in [3.8, 4) is 0 Å². The van der Waals surface area contributed by atoms with Gasteiger partial charge in [0, 0.05) is 23.4 Å². The van der Waals surface area contributed by atoms with Crippen molar-refractivity contribution in [2.24, 2.45) is 0 Å². The summed E-state index contributed by atoms with van der Waals surface area (Å²) in [7, 11) is 0. The molecule has 0 aliphatic rings. The molecular formula is C14H17BrFNO3. The molecule has 1 aromatic carbocycles. The van der Waals surface area contributed by atoms with E-state index in [2.05, 4.69) is 21.2 Å². The lowest BCUT2D eigenvalue weighted by Gasteiger charge is -2.13. The minimum absolute atomic E-state index is 0.0247. The van der Waals surface area contributed by atoms with Crippen LogP contribution in [0.25, 0.3) is 0 Å². The third kappa shape index (κ3) is 6.14. The molecule has 6 heteroatoms. The number of carboxylic acid groups (broad SMARTS) is 1. The lowest BCUT2D eigenvalue weighted by atomic mass is 10.1. The lowest BCUT2D eigenvalue weighted by Crippen LogP contribution is -2.33. The predicted octanol–water partition coefficient (Wildman–Crippen LogP) is 2.89. The fourth-order valence-corrected chi connectivity index (χ4v) is 2.19. The van der Waals surface area contributed by atoms with Crippen LogP contribution < -0.4 is 5.32 Å². The molecule has 0 radical (unpaired) electrons. The molecule has 0 aliphatic heterocycles. The Hall–Kier alpha value is -1.43. The van der Waals surface area contributed by atoms with Gasteiger partial charge in [-0.05, 0) is 43.5 Å². The zero-order chi connectivity index (χ0) is 15.1. The monoisotopic (exact) mass is 345 g/mol. The zero-order valence-electron chi connectivity index (χ0n) is 11.2. The molecule has 1 rings (SSSR count). The van der Waals surface area contributed by atoms with E-state index >= 15 is 0 Å². The smallest absolute Gasteiger partial charge is 0.303 e. The average Bonchev–Trinajstić information content (AvgIpc) is 2.37. The number of halogens is 2. The zero-order valence-corrected chi connectivity index (χ0v) is 12.7. The summed E-state index contributed by atoms with van der Waals surface area (Å²) in [5.74, 6) is -1.38. The molecule has 0 spiro atoms. The van der Waals surface area contributed by atoms with Crippen LogP contribution >= 0.6 is 15.9 Å². The molecular weight excluding hydrogens is 329 g/mol. The van der Waals surface area contributed by atoms with Crippen molar-refractivity contribution in [1.82, 2.24) is 5.32 Å². The Labute approximate surface area is 125 Å². The Bertz CT molecular complexity index is 493. The molecule has 0 saturated heterocycles. The van der Waals surface area contributed by atoms with E-state index in [1.807, 2.05) is 0 Å². The fraction of sp³-hybridized carbons (Fsp3) is 0.429. The van der Waals surface area contributed by atoms with Gasteiger partial charge in [-0.3, -0.25) is 9.59 Å². The number of hydrogen-bond donors (Lipinski definition) is 2. The topological polar surface area (TPSA) is 66.4 Å². The summed E-state index contributed by atoms with van der Waals surface area (Å²) < 4.78 is 13.8. The van der Waals surface area contributed by atoms with E-state index in [9.17, 15) is 14.0 Å². The number of aryl methyl sites for hydroxylation is 1. The minimum atomic E-state index is -0.880. The first-order chi connectivity index (χ1) is 9.38. The molecule has 0 fully saturated rings. The van der Waals surface area contributed by atoms with Crippen LogP contribution in [-0.2, 0) is 16.0 Å². The van der Waals surface area contributed by atoms with Crippen molar-refractivity contribution < 1.29 is 19.1 Å². The Morgan fingerprint density at radius 1 is 1.40 bits per heavy atom. The Morgan fingerprint density at radius 2 is 2.10 bits per heavy atom. The highest BCUT2D eigenvalue weighted by Gasteiger charge is 2.10. The minimum Gasteiger partial charge on any atom is -0.481 e. The number of aliphatic carboxylic acids is 1. The van der Waals surface area contributed by atoms with Gasteiger partial charge in [-0.15, -0.1) is 0 Å². The first-order valence-corrected chi connectivity index (χ1v) is 7.13. The fourth-order valence-electron chi connectivity index (χ4n) is 1.74. The van der Waals surface area contributed by atoms with Gasteiger partial charge in [0.05, 0.1) is 0 Å². The third-order valence-corrected chi connectivity index (χ3v) is 3.60. The number of carboxylic acids is 1. The first-order valence-electron chi connectivity index (χ1n) is 6.33. The van der Waals surface area contributed by atoms with Crippen LogP contribution in [0.2, 0.25) is 0 Å². The Kier molecular flexibility index (Phi) is 6.64. The molecule has 20 heavy (non-hydrogen) atoms. The highest BCUT2D eigenvalue weighted by molar-refractivity contribution is 9.10. The number of nitrogens with one attached hydrogen (secondary N) is 1. The third-order valence-electron chi connectivity index (χ3n) is 2.83. The number of rotatable bonds is 7. The maximum absolute atomic E-state index is 13.1. The van der Waals surface area contributed by atoms with Crippen LogP contribution in [-0.4, -0.2) is 23.0 Å². The standard InChI is InChI=1S/C14H17BrFNO3/c1-9(2-7-14(19)20)17-13(18)6-3-10-8-11(16)4-5-12(10)15/h4-5,8-9H,2-3,6-7H2,1H3,(H,17,18)(H,19,20). The second kappa shape index (κ2) is 7.99. The first kappa shape index (κ1) is 16.6. The Balaban J connectivity index is 2.39. The molecule has 110 valence electrons. The van der Waals surface area contributed by atoms with Gasteiger partial charge in [-0.25, -0.2) is 4.39 Å². The van der Waals surface area contributed by atoms with Crippen molar-refractivity contribution in [2.45, 2.75) is 38.6 Å². The van der Waals surface area contributed by atoms with Crippen molar-refractivity contribution in [3.05, 3.63) is 34.1 Å². The number of hydrogen-bond acceptors (Lipinski definition) is 2. The molecule has 0 bridgehead atoms. The maximum atomic E-state index is 13.1. The molecule has 4 nitrogen and oxygen atoms in total. The second-order valence-corrected chi connectivity index (χ2v) is 5.49. The van der Waals surface area contributed by atoms with E-state index in [4.69, 9.17) is 5.11 Å². The highest BCUT2D eigenvalue weighted by Crippen LogP contribution is 2.19. The van der Waals surface area contributed by atoms with Crippen LogP contribution in [0.5, 0.6) is 0 Å². The van der Waals surface area contributed by atoms with Gasteiger partial charge in [-0.1, -0.05) is 15.9 Å². The van der Waals surface area contributed by atoms with Gasteiger partial charge in [0.25, 0.3) is 0 Å². The molecule has 1 unspecified atom stereocenters. The van der Waals surface area contributed by atoms with Crippen LogP contribution in [0.4, 0.5) is 4.39 Å². The van der Waals surface area contributed by atoms with Crippen LogP contribution in [0.15, 0.2) is 22.7 Å². The summed E-state index contributed by atoms with van der Waals surface area (Å²) in [6, 6.07) is 4.17. The molecule has 1 amide bonds. The van der Waals surface area contributed by atoms with Crippen molar-refractivity contribution >= 4 is 27.8 Å². The van der Waals surface area contributed by atoms with Crippen LogP contribution in [0, 0.1) is 5.82 Å². The lowest BCUT2D eigenvalue weighted by molar-refractivity contribution is -0.137. The summed E-state index contributed by atoms with van der Waals surface area (Å²) in [6.07, 6.45) is 1.08. The molecule has 1 aromatic rings. The number of amides is 1. The normalized spacial score (nSPS) is 11.9. The molecule has 0 saturated carbocycles. The molecule has 1 atom stereocenters. The quantitative estimate of drug-likeness (QED) is 0.798. The van der Waals surface area contributed by atoms with E-state index in [1.165, 1.54) is 12.1 Å². The maximum Gasteiger partial charge on any atom is 0.303 e. The second-order valence-electron chi connectivity index (χ2n) is 4.64. The molecule has 0 aromatic heterocycles. The Morgan fingerprint density at radius 3 is 2.75 bits per heavy atom. The molecule has 2 N–H and O–H groups in total. The van der Waals surface area contributed by atoms with Gasteiger partial charge in [0.1, 0.15) is 5.82 Å². The number of carbonyl (C=O) groups is 2. The summed E-state index contributed by atoms with van der Waals surface area (Å²) in [5, 5.41) is 11.3. The van der Waals surface area contributed by atoms with Crippen molar-refractivity contribution in [3.63, 3.8) is 0 Å². The van der Waals surface area contributed by atoms with Gasteiger partial charge in [-0.2, -0.15) is 0 Å². The van der Waals surface area contributed by atoms with E-state index in [0.29, 0.717) is 12.8 Å². The molecule has 0 aliphatic carbocycles.